The Kier molecular flexibility index (Phi) is 5.05. The first-order valence-corrected chi connectivity index (χ1v) is 7.13. The Labute approximate surface area is 132 Å². The second-order valence-corrected chi connectivity index (χ2v) is 5.38. The van der Waals surface area contributed by atoms with E-state index in [1.807, 2.05) is 0 Å². The van der Waals surface area contributed by atoms with Gasteiger partial charge in [0.05, 0.1) is 12.5 Å². The summed E-state index contributed by atoms with van der Waals surface area (Å²) in [6.45, 7) is 3.24. The van der Waals surface area contributed by atoms with Crippen molar-refractivity contribution < 1.29 is 14.3 Å². The monoisotopic (exact) mass is 318 g/mol. The third-order valence-corrected chi connectivity index (χ3v) is 3.36. The van der Waals surface area contributed by atoms with E-state index in [0.717, 1.165) is 4.68 Å². The van der Waals surface area contributed by atoms with Gasteiger partial charge in [-0.05, 0) is 18.1 Å². The lowest BCUT2D eigenvalue weighted by atomic mass is 10.0. The van der Waals surface area contributed by atoms with Gasteiger partial charge in [-0.1, -0.05) is 31.2 Å². The molecule has 0 aliphatic carbocycles. The molecule has 0 fully saturated rings. The lowest BCUT2D eigenvalue weighted by molar-refractivity contribution is -0.146. The molecule has 0 aliphatic rings. The lowest BCUT2D eigenvalue weighted by Gasteiger charge is -2.19. The SMILES string of the molecule is COC(=O)[C@H](NC(=O)Cn1nnc2ccccc2c1=O)C(C)C. The largest absolute Gasteiger partial charge is 0.467 e. The summed E-state index contributed by atoms with van der Waals surface area (Å²) in [7, 11) is 1.25. The van der Waals surface area contributed by atoms with Crippen LogP contribution in [0.15, 0.2) is 29.1 Å². The van der Waals surface area contributed by atoms with Crippen molar-refractivity contribution >= 4 is 22.8 Å². The topological polar surface area (TPSA) is 103 Å². The standard InChI is InChI=1S/C15H18N4O4/c1-9(2)13(15(22)23-3)16-12(20)8-19-14(21)10-6-4-5-7-11(10)17-18-19/h4-7,9,13H,8H2,1-3H3,(H,16,20)/t13-/m1/s1. The number of rotatable bonds is 5. The molecule has 8 heteroatoms. The van der Waals surface area contributed by atoms with Crippen LogP contribution >= 0.6 is 0 Å². The smallest absolute Gasteiger partial charge is 0.328 e. The van der Waals surface area contributed by atoms with Crippen LogP contribution in [0.1, 0.15) is 13.8 Å². The number of ether oxygens (including phenoxy) is 1. The maximum Gasteiger partial charge on any atom is 0.328 e. The molecule has 0 saturated heterocycles. The van der Waals surface area contributed by atoms with Gasteiger partial charge >= 0.3 is 5.97 Å². The van der Waals surface area contributed by atoms with Gasteiger partial charge in [0.15, 0.2) is 0 Å². The van der Waals surface area contributed by atoms with Crippen LogP contribution in [0.2, 0.25) is 0 Å². The molecule has 1 aromatic carbocycles. The minimum absolute atomic E-state index is 0.147. The Morgan fingerprint density at radius 2 is 2.00 bits per heavy atom. The van der Waals surface area contributed by atoms with Crippen molar-refractivity contribution in [3.63, 3.8) is 0 Å². The highest BCUT2D eigenvalue weighted by Gasteiger charge is 2.25. The van der Waals surface area contributed by atoms with Crippen molar-refractivity contribution in [2.75, 3.05) is 7.11 Å². The number of fused-ring (bicyclic) bond motifs is 1. The van der Waals surface area contributed by atoms with Crippen LogP contribution in [0, 0.1) is 5.92 Å². The van der Waals surface area contributed by atoms with E-state index in [2.05, 4.69) is 20.4 Å². The number of esters is 1. The molecule has 1 atom stereocenters. The van der Waals surface area contributed by atoms with Gasteiger partial charge < -0.3 is 10.1 Å². The first kappa shape index (κ1) is 16.6. The number of carbonyl (C=O) groups excluding carboxylic acids is 2. The Balaban J connectivity index is 2.19. The summed E-state index contributed by atoms with van der Waals surface area (Å²) >= 11 is 0. The molecule has 8 nitrogen and oxygen atoms in total. The van der Waals surface area contributed by atoms with Crippen LogP contribution in [0.5, 0.6) is 0 Å². The summed E-state index contributed by atoms with van der Waals surface area (Å²) in [5.41, 5.74) is 0.0497. The molecule has 1 aromatic heterocycles. The zero-order valence-corrected chi connectivity index (χ0v) is 13.1. The summed E-state index contributed by atoms with van der Waals surface area (Å²) in [6.07, 6.45) is 0. The molecular formula is C15H18N4O4. The molecule has 2 aromatic rings. The van der Waals surface area contributed by atoms with Gasteiger partial charge in [0.25, 0.3) is 5.56 Å². The summed E-state index contributed by atoms with van der Waals surface area (Å²) in [6, 6.07) is 5.96. The van der Waals surface area contributed by atoms with Crippen molar-refractivity contribution in [2.45, 2.75) is 26.4 Å². The van der Waals surface area contributed by atoms with Crippen molar-refractivity contribution in [1.29, 1.82) is 0 Å². The molecular weight excluding hydrogens is 300 g/mol. The highest BCUT2D eigenvalue weighted by Crippen LogP contribution is 2.05. The van der Waals surface area contributed by atoms with Gasteiger partial charge in [0.1, 0.15) is 18.1 Å². The van der Waals surface area contributed by atoms with Crippen molar-refractivity contribution in [2.24, 2.45) is 5.92 Å². The molecule has 122 valence electrons. The maximum absolute atomic E-state index is 12.3. The molecule has 0 saturated carbocycles. The number of hydrogen-bond acceptors (Lipinski definition) is 6. The highest BCUT2D eigenvalue weighted by atomic mass is 16.5. The van der Waals surface area contributed by atoms with Gasteiger partial charge in [-0.25, -0.2) is 9.48 Å². The minimum atomic E-state index is -0.781. The van der Waals surface area contributed by atoms with Crippen LogP contribution in [-0.4, -0.2) is 40.0 Å². The maximum atomic E-state index is 12.3. The normalized spacial score (nSPS) is 12.2. The summed E-state index contributed by atoms with van der Waals surface area (Å²) in [4.78, 5) is 36.0. The number of methoxy groups -OCH3 is 1. The number of amides is 1. The first-order chi connectivity index (χ1) is 10.9. The van der Waals surface area contributed by atoms with Crippen molar-refractivity contribution in [3.05, 3.63) is 34.6 Å². The molecule has 1 amide bonds. The second kappa shape index (κ2) is 6.99. The molecule has 0 aliphatic heterocycles. The van der Waals surface area contributed by atoms with E-state index in [1.165, 1.54) is 7.11 Å². The number of nitrogens with one attached hydrogen (secondary N) is 1. The van der Waals surface area contributed by atoms with E-state index in [9.17, 15) is 14.4 Å². The minimum Gasteiger partial charge on any atom is -0.467 e. The number of benzene rings is 1. The van der Waals surface area contributed by atoms with Crippen LogP contribution in [0.3, 0.4) is 0 Å². The van der Waals surface area contributed by atoms with Crippen LogP contribution in [0.25, 0.3) is 10.9 Å². The third-order valence-electron chi connectivity index (χ3n) is 3.36. The Bertz CT molecular complexity index is 784. The molecule has 1 heterocycles. The van der Waals surface area contributed by atoms with Crippen LogP contribution < -0.4 is 10.9 Å². The number of nitrogens with zero attached hydrogens (tertiary/aromatic N) is 3. The van der Waals surface area contributed by atoms with E-state index in [0.29, 0.717) is 10.9 Å². The van der Waals surface area contributed by atoms with E-state index >= 15 is 0 Å². The lowest BCUT2D eigenvalue weighted by Crippen LogP contribution is -2.47. The fourth-order valence-electron chi connectivity index (χ4n) is 2.11. The molecule has 0 radical (unpaired) electrons. The van der Waals surface area contributed by atoms with Crippen LogP contribution in [0.4, 0.5) is 0 Å². The Morgan fingerprint density at radius 1 is 1.30 bits per heavy atom. The van der Waals surface area contributed by atoms with E-state index in [-0.39, 0.29) is 12.5 Å². The molecule has 2 rings (SSSR count). The third kappa shape index (κ3) is 3.71. The van der Waals surface area contributed by atoms with E-state index < -0.39 is 23.5 Å². The zero-order chi connectivity index (χ0) is 17.0. The van der Waals surface area contributed by atoms with Crippen molar-refractivity contribution in [3.8, 4) is 0 Å². The molecule has 0 bridgehead atoms. The summed E-state index contributed by atoms with van der Waals surface area (Å²) < 4.78 is 5.62. The molecule has 0 spiro atoms. The highest BCUT2D eigenvalue weighted by molar-refractivity contribution is 5.84. The van der Waals surface area contributed by atoms with E-state index in [1.54, 1.807) is 38.1 Å². The van der Waals surface area contributed by atoms with Gasteiger partial charge in [-0.2, -0.15) is 0 Å². The fourth-order valence-corrected chi connectivity index (χ4v) is 2.11. The zero-order valence-electron chi connectivity index (χ0n) is 13.1. The van der Waals surface area contributed by atoms with Gasteiger partial charge in [-0.15, -0.1) is 5.10 Å². The predicted octanol–water partition coefficient (Wildman–Crippen LogP) is 0.105. The van der Waals surface area contributed by atoms with Crippen LogP contribution in [-0.2, 0) is 20.9 Å². The number of carbonyl (C=O) groups is 2. The molecule has 23 heavy (non-hydrogen) atoms. The second-order valence-electron chi connectivity index (χ2n) is 5.38. The predicted molar refractivity (Wildman–Crippen MR) is 82.6 cm³/mol. The summed E-state index contributed by atoms with van der Waals surface area (Å²) in [5.74, 6) is -1.20. The van der Waals surface area contributed by atoms with Gasteiger partial charge in [0, 0.05) is 0 Å². The van der Waals surface area contributed by atoms with Crippen molar-refractivity contribution in [1.82, 2.24) is 20.3 Å². The first-order valence-electron chi connectivity index (χ1n) is 7.13. The average molecular weight is 318 g/mol. The van der Waals surface area contributed by atoms with Gasteiger partial charge in [-0.3, -0.25) is 9.59 Å². The number of aromatic nitrogens is 3. The average Bonchev–Trinajstić information content (AvgIpc) is 2.54. The quantitative estimate of drug-likeness (QED) is 0.785. The Hall–Kier alpha value is -2.77. The fraction of sp³-hybridized carbons (Fsp3) is 0.400. The number of hydrogen-bond donors (Lipinski definition) is 1. The Morgan fingerprint density at radius 3 is 2.65 bits per heavy atom. The molecule has 0 unspecified atom stereocenters. The van der Waals surface area contributed by atoms with Gasteiger partial charge in [0.2, 0.25) is 5.91 Å². The molecule has 1 N–H and O–H groups in total. The summed E-state index contributed by atoms with van der Waals surface area (Å²) in [5, 5.41) is 10.6. The van der Waals surface area contributed by atoms with E-state index in [4.69, 9.17) is 0 Å².